The zero-order chi connectivity index (χ0) is 31.8. The molecule has 12 nitrogen and oxygen atoms in total. The summed E-state index contributed by atoms with van der Waals surface area (Å²) in [6, 6.07) is 3.04. The zero-order valence-electron chi connectivity index (χ0n) is 26.9. The van der Waals surface area contributed by atoms with Gasteiger partial charge in [-0.3, -0.25) is 9.13 Å². The first kappa shape index (κ1) is 28.3. The SMILES string of the molecule is CC(C1CCCN1C)N1CCn2c(=O)n(C34COCC3C4)c3nc(-c4noc5c4CCCC54CCCc5sc(N)c(C#N)c54)nc1c32. The standard InChI is InChI=1S/C34H39N9O3S/c1-18(22-7-5-11-40(22)2)41-12-13-42-26-30(41)37-29(38-31(26)43(32(42)44)34-14-19(34)16-45-17-34)25-20-6-3-9-33(27(20)46-39-25)10-4-8-23-24(33)21(15-35)28(36)47-23/h18-19,22H,3-14,16-17,36H2,1-2H3. The van der Waals surface area contributed by atoms with Gasteiger partial charge in [0.25, 0.3) is 0 Å². The lowest BCUT2D eigenvalue weighted by Gasteiger charge is -2.39. The fraction of sp³-hybridized carbons (Fsp3) is 0.618. The molecule has 0 bridgehead atoms. The van der Waals surface area contributed by atoms with Gasteiger partial charge in [0.1, 0.15) is 16.6 Å². The first-order chi connectivity index (χ1) is 22.9. The van der Waals surface area contributed by atoms with E-state index in [2.05, 4.69) is 29.8 Å². The lowest BCUT2D eigenvalue weighted by Crippen LogP contribution is -2.50. The van der Waals surface area contributed by atoms with Crippen molar-refractivity contribution in [3.8, 4) is 17.6 Å². The van der Waals surface area contributed by atoms with Crippen molar-refractivity contribution in [2.45, 2.75) is 94.3 Å². The highest BCUT2D eigenvalue weighted by molar-refractivity contribution is 7.16. The summed E-state index contributed by atoms with van der Waals surface area (Å²) in [5, 5.41) is 15.5. The van der Waals surface area contributed by atoms with E-state index in [1.807, 2.05) is 9.13 Å². The molecule has 1 spiro atoms. The Morgan fingerprint density at radius 1 is 1.15 bits per heavy atom. The van der Waals surface area contributed by atoms with E-state index in [0.29, 0.717) is 66.0 Å². The number of likely N-dealkylation sites (tertiary alicyclic amines) is 1. The molecule has 5 unspecified atom stereocenters. The van der Waals surface area contributed by atoms with Crippen LogP contribution in [0.1, 0.15) is 79.2 Å². The number of imidazole rings is 1. The van der Waals surface area contributed by atoms with Crippen molar-refractivity contribution in [2.24, 2.45) is 5.92 Å². The molecule has 7 heterocycles. The third kappa shape index (κ3) is 3.59. The maximum absolute atomic E-state index is 14.2. The predicted molar refractivity (Wildman–Crippen MR) is 177 cm³/mol. The number of nitriles is 1. The van der Waals surface area contributed by atoms with E-state index in [0.717, 1.165) is 86.1 Å². The van der Waals surface area contributed by atoms with E-state index in [9.17, 15) is 10.1 Å². The van der Waals surface area contributed by atoms with Gasteiger partial charge in [-0.15, -0.1) is 11.3 Å². The molecule has 2 saturated heterocycles. The van der Waals surface area contributed by atoms with Crippen molar-refractivity contribution in [3.63, 3.8) is 0 Å². The number of hydrogen-bond acceptors (Lipinski definition) is 11. The third-order valence-corrected chi connectivity index (χ3v) is 13.7. The van der Waals surface area contributed by atoms with E-state index < -0.39 is 5.41 Å². The molecular weight excluding hydrogens is 615 g/mol. The molecule has 3 aliphatic heterocycles. The highest BCUT2D eigenvalue weighted by atomic mass is 32.1. The molecule has 244 valence electrons. The molecule has 4 aromatic heterocycles. The minimum Gasteiger partial charge on any atom is -0.389 e. The molecule has 2 N–H and O–H groups in total. The number of hydrogen-bond donors (Lipinski definition) is 1. The fourth-order valence-corrected chi connectivity index (χ4v) is 11.4. The number of rotatable bonds is 4. The zero-order valence-corrected chi connectivity index (χ0v) is 27.7. The summed E-state index contributed by atoms with van der Waals surface area (Å²) in [5.41, 5.74) is 10.4. The molecule has 13 heteroatoms. The Bertz CT molecular complexity index is 2080. The lowest BCUT2D eigenvalue weighted by atomic mass is 9.63. The maximum Gasteiger partial charge on any atom is 0.331 e. The Labute approximate surface area is 276 Å². The number of nitrogens with zero attached hydrogens (tertiary/aromatic N) is 8. The van der Waals surface area contributed by atoms with E-state index >= 15 is 0 Å². The van der Waals surface area contributed by atoms with Crippen LogP contribution in [-0.4, -0.2) is 74.6 Å². The second-order valence-electron chi connectivity index (χ2n) is 14.8. The summed E-state index contributed by atoms with van der Waals surface area (Å²) < 4.78 is 16.1. The quantitative estimate of drug-likeness (QED) is 0.346. The van der Waals surface area contributed by atoms with Crippen molar-refractivity contribution in [1.29, 1.82) is 5.26 Å². The molecule has 6 aliphatic rings. The van der Waals surface area contributed by atoms with Gasteiger partial charge in [-0.25, -0.2) is 14.8 Å². The van der Waals surface area contributed by atoms with Crippen LogP contribution in [0.4, 0.5) is 10.8 Å². The summed E-state index contributed by atoms with van der Waals surface area (Å²) in [7, 11) is 2.21. The number of ether oxygens (including phenoxy) is 1. The van der Waals surface area contributed by atoms with E-state index in [1.54, 1.807) is 11.3 Å². The molecule has 47 heavy (non-hydrogen) atoms. The number of anilines is 2. The number of nitrogen functional groups attached to an aromatic ring is 1. The maximum atomic E-state index is 14.2. The van der Waals surface area contributed by atoms with Crippen LogP contribution in [0.5, 0.6) is 0 Å². The molecule has 10 rings (SSSR count). The topological polar surface area (TPSA) is 144 Å². The van der Waals surface area contributed by atoms with Crippen molar-refractivity contribution >= 4 is 33.3 Å². The molecule has 1 saturated carbocycles. The first-order valence-electron chi connectivity index (χ1n) is 17.3. The van der Waals surface area contributed by atoms with Gasteiger partial charge < -0.3 is 24.8 Å². The van der Waals surface area contributed by atoms with Crippen LogP contribution in [-0.2, 0) is 35.1 Å². The molecule has 3 aliphatic carbocycles. The number of aromatic nitrogens is 5. The van der Waals surface area contributed by atoms with Crippen molar-refractivity contribution < 1.29 is 9.26 Å². The first-order valence-corrected chi connectivity index (χ1v) is 18.1. The van der Waals surface area contributed by atoms with Crippen LogP contribution in [0.25, 0.3) is 22.7 Å². The smallest absolute Gasteiger partial charge is 0.331 e. The normalized spacial score (nSPS) is 30.0. The average Bonchev–Trinajstić information content (AvgIpc) is 3.66. The average molecular weight is 654 g/mol. The number of fused-ring (bicyclic) bond motifs is 5. The third-order valence-electron chi connectivity index (χ3n) is 12.6. The summed E-state index contributed by atoms with van der Waals surface area (Å²) in [6.07, 6.45) is 8.72. The second kappa shape index (κ2) is 9.67. The molecule has 4 aromatic rings. The number of thiophene rings is 1. The Morgan fingerprint density at radius 2 is 2.00 bits per heavy atom. The van der Waals surface area contributed by atoms with Crippen LogP contribution >= 0.6 is 11.3 Å². The minimum absolute atomic E-state index is 0.0130. The highest BCUT2D eigenvalue weighted by Crippen LogP contribution is 2.57. The molecular formula is C34H39N9O3S. The molecule has 5 atom stereocenters. The monoisotopic (exact) mass is 653 g/mol. The molecule has 0 amide bonds. The molecule has 3 fully saturated rings. The Morgan fingerprint density at radius 3 is 2.74 bits per heavy atom. The van der Waals surface area contributed by atoms with Gasteiger partial charge in [0, 0.05) is 41.5 Å². The van der Waals surface area contributed by atoms with Crippen molar-refractivity contribution in [2.75, 3.05) is 44.0 Å². The Kier molecular flexibility index (Phi) is 5.82. The number of nitrogens with two attached hydrogens (primary N) is 1. The Balaban J connectivity index is 1.18. The van der Waals surface area contributed by atoms with Gasteiger partial charge in [-0.05, 0) is 83.9 Å². The summed E-state index contributed by atoms with van der Waals surface area (Å²) in [6.45, 7) is 5.92. The highest BCUT2D eigenvalue weighted by Gasteiger charge is 2.62. The van der Waals surface area contributed by atoms with Crippen LogP contribution in [0.15, 0.2) is 9.32 Å². The van der Waals surface area contributed by atoms with Crippen LogP contribution in [0, 0.1) is 17.2 Å². The number of aryl methyl sites for hydroxylation is 1. The summed E-state index contributed by atoms with van der Waals surface area (Å²) in [5.74, 6) is 2.49. The summed E-state index contributed by atoms with van der Waals surface area (Å²) >= 11 is 1.55. The van der Waals surface area contributed by atoms with Crippen molar-refractivity contribution in [3.05, 3.63) is 37.8 Å². The fourth-order valence-electron chi connectivity index (χ4n) is 10.2. The predicted octanol–water partition coefficient (Wildman–Crippen LogP) is 3.77. The van der Waals surface area contributed by atoms with Gasteiger partial charge in [0.15, 0.2) is 28.7 Å². The van der Waals surface area contributed by atoms with E-state index in [-0.39, 0.29) is 17.3 Å². The number of likely N-dealkylation sites (N-methyl/N-ethyl adjacent to an activating group) is 1. The second-order valence-corrected chi connectivity index (χ2v) is 16.0. The minimum atomic E-state index is -0.426. The van der Waals surface area contributed by atoms with Crippen LogP contribution in [0.3, 0.4) is 0 Å². The lowest BCUT2D eigenvalue weighted by molar-refractivity contribution is 0.147. The summed E-state index contributed by atoms with van der Waals surface area (Å²) in [4.78, 5) is 30.8. The van der Waals surface area contributed by atoms with Gasteiger partial charge >= 0.3 is 5.69 Å². The van der Waals surface area contributed by atoms with Crippen molar-refractivity contribution in [1.82, 2.24) is 29.2 Å². The van der Waals surface area contributed by atoms with Gasteiger partial charge in [0.2, 0.25) is 0 Å². The van der Waals surface area contributed by atoms with Gasteiger partial charge in [-0.2, -0.15) is 5.26 Å². The van der Waals surface area contributed by atoms with Crippen LogP contribution in [0.2, 0.25) is 0 Å². The van der Waals surface area contributed by atoms with Gasteiger partial charge in [0.05, 0.1) is 29.7 Å². The largest absolute Gasteiger partial charge is 0.389 e. The molecule has 0 aromatic carbocycles. The van der Waals surface area contributed by atoms with E-state index in [4.69, 9.17) is 30.1 Å². The van der Waals surface area contributed by atoms with Gasteiger partial charge in [-0.1, -0.05) is 5.16 Å². The van der Waals surface area contributed by atoms with Crippen LogP contribution < -0.4 is 16.3 Å². The van der Waals surface area contributed by atoms with E-state index in [1.165, 1.54) is 11.3 Å². The Hall–Kier alpha value is -3.73. The molecule has 0 radical (unpaired) electrons.